The van der Waals surface area contributed by atoms with Crippen molar-refractivity contribution in [2.24, 2.45) is 5.73 Å². The molecule has 2 aromatic heterocycles. The Balaban J connectivity index is 2.72. The zero-order chi connectivity index (χ0) is 15.9. The summed E-state index contributed by atoms with van der Waals surface area (Å²) in [6.45, 7) is 9.52. The number of nitrogens with two attached hydrogens (primary N) is 1. The summed E-state index contributed by atoms with van der Waals surface area (Å²) in [5.41, 5.74) is 6.26. The maximum absolute atomic E-state index is 12.8. The van der Waals surface area contributed by atoms with E-state index in [4.69, 9.17) is 5.73 Å². The monoisotopic (exact) mass is 325 g/mol. The van der Waals surface area contributed by atoms with E-state index < -0.39 is 11.2 Å². The highest BCUT2D eigenvalue weighted by Gasteiger charge is 2.21. The van der Waals surface area contributed by atoms with E-state index in [0.717, 1.165) is 15.3 Å². The minimum atomic E-state index is -0.429. The average molecular weight is 325 g/mol. The van der Waals surface area contributed by atoms with Crippen LogP contribution in [0, 0.1) is 13.8 Å². The first-order valence-corrected chi connectivity index (χ1v) is 8.41. The number of thiophene rings is 1. The number of fused-ring (bicyclic) bond motifs is 1. The summed E-state index contributed by atoms with van der Waals surface area (Å²) in [6.07, 6.45) is 0. The van der Waals surface area contributed by atoms with Gasteiger partial charge in [-0.25, -0.2) is 4.98 Å². The summed E-state index contributed by atoms with van der Waals surface area (Å²) in [5.74, 6) is -0.414. The quantitative estimate of drug-likeness (QED) is 0.692. The number of carbonyl (C=O) groups is 1. The predicted octanol–water partition coefficient (Wildman–Crippen LogP) is 2.62. The average Bonchev–Trinajstić information content (AvgIpc) is 2.64. The van der Waals surface area contributed by atoms with Gasteiger partial charge in [0.15, 0.2) is 5.16 Å². The Morgan fingerprint density at radius 2 is 1.95 bits per heavy atom. The van der Waals surface area contributed by atoms with E-state index in [1.807, 2.05) is 27.7 Å². The van der Waals surface area contributed by atoms with E-state index in [-0.39, 0.29) is 11.6 Å². The fraction of sp³-hybridized carbons (Fsp3) is 0.500. The lowest BCUT2D eigenvalue weighted by atomic mass is 10.2. The van der Waals surface area contributed by atoms with Gasteiger partial charge in [0, 0.05) is 10.9 Å². The molecule has 5 nitrogen and oxygen atoms in total. The molecular weight excluding hydrogens is 306 g/mol. The van der Waals surface area contributed by atoms with Gasteiger partial charge in [-0.05, 0) is 40.2 Å². The highest BCUT2D eigenvalue weighted by molar-refractivity contribution is 8.00. The van der Waals surface area contributed by atoms with Crippen LogP contribution in [0.4, 0.5) is 0 Å². The number of thioether (sulfide) groups is 1. The molecule has 0 saturated carbocycles. The minimum Gasteiger partial charge on any atom is -0.369 e. The Kier molecular flexibility index (Phi) is 4.43. The van der Waals surface area contributed by atoms with Gasteiger partial charge >= 0.3 is 0 Å². The van der Waals surface area contributed by atoms with Crippen molar-refractivity contribution >= 4 is 39.2 Å². The molecule has 0 aliphatic heterocycles. The van der Waals surface area contributed by atoms with E-state index in [2.05, 4.69) is 4.98 Å². The Morgan fingerprint density at radius 1 is 1.33 bits per heavy atom. The molecule has 0 spiro atoms. The molecule has 0 saturated heterocycles. The van der Waals surface area contributed by atoms with E-state index in [1.165, 1.54) is 23.1 Å². The number of amides is 1. The summed E-state index contributed by atoms with van der Waals surface area (Å²) in [6, 6.07) is -0.0309. The number of aryl methyl sites for hydroxylation is 2. The van der Waals surface area contributed by atoms with Gasteiger partial charge < -0.3 is 5.73 Å². The Hall–Kier alpha value is -1.34. The lowest BCUT2D eigenvalue weighted by Gasteiger charge is -2.16. The molecule has 0 unspecified atom stereocenters. The summed E-state index contributed by atoms with van der Waals surface area (Å²) < 4.78 is 1.64. The van der Waals surface area contributed by atoms with Crippen molar-refractivity contribution in [2.75, 3.05) is 0 Å². The summed E-state index contributed by atoms with van der Waals surface area (Å²) in [7, 11) is 0. The number of rotatable bonds is 4. The van der Waals surface area contributed by atoms with Crippen LogP contribution in [-0.4, -0.2) is 20.7 Å². The number of primary amides is 1. The fourth-order valence-corrected chi connectivity index (χ4v) is 4.10. The molecule has 0 aliphatic rings. The Labute approximate surface area is 131 Å². The normalized spacial score (nSPS) is 13.0. The van der Waals surface area contributed by atoms with Gasteiger partial charge in [-0.3, -0.25) is 14.2 Å². The van der Waals surface area contributed by atoms with Crippen LogP contribution in [0.15, 0.2) is 9.95 Å². The van der Waals surface area contributed by atoms with Crippen LogP contribution in [0.3, 0.4) is 0 Å². The molecule has 1 atom stereocenters. The van der Waals surface area contributed by atoms with Gasteiger partial charge in [0.25, 0.3) is 5.56 Å². The van der Waals surface area contributed by atoms with Crippen molar-refractivity contribution in [1.82, 2.24) is 9.55 Å². The largest absolute Gasteiger partial charge is 0.369 e. The topological polar surface area (TPSA) is 78.0 Å². The smallest absolute Gasteiger partial charge is 0.263 e. The Bertz CT molecular complexity index is 762. The van der Waals surface area contributed by atoms with Gasteiger partial charge in [-0.2, -0.15) is 0 Å². The second kappa shape index (κ2) is 5.81. The molecule has 21 heavy (non-hydrogen) atoms. The van der Waals surface area contributed by atoms with Crippen molar-refractivity contribution in [1.29, 1.82) is 0 Å². The number of aromatic nitrogens is 2. The first kappa shape index (κ1) is 16.0. The highest BCUT2D eigenvalue weighted by Crippen LogP contribution is 2.30. The van der Waals surface area contributed by atoms with Crippen molar-refractivity contribution in [3.63, 3.8) is 0 Å². The van der Waals surface area contributed by atoms with Crippen molar-refractivity contribution in [3.8, 4) is 0 Å². The van der Waals surface area contributed by atoms with Gasteiger partial charge in [0.2, 0.25) is 5.91 Å². The van der Waals surface area contributed by atoms with Gasteiger partial charge in [-0.1, -0.05) is 11.8 Å². The van der Waals surface area contributed by atoms with Crippen LogP contribution in [0.1, 0.15) is 37.3 Å². The third kappa shape index (κ3) is 2.85. The van der Waals surface area contributed by atoms with Crippen LogP contribution in [0.5, 0.6) is 0 Å². The number of nitrogens with zero attached hydrogens (tertiary/aromatic N) is 2. The summed E-state index contributed by atoms with van der Waals surface area (Å²) in [4.78, 5) is 30.5. The molecule has 7 heteroatoms. The number of hydrogen-bond acceptors (Lipinski definition) is 5. The molecular formula is C14H19N3O2S2. The SMILES string of the molecule is Cc1sc2nc(S[C@H](C)C(N)=O)n(C(C)C)c(=O)c2c1C. The maximum Gasteiger partial charge on any atom is 0.263 e. The van der Waals surface area contributed by atoms with Crippen LogP contribution in [0.25, 0.3) is 10.2 Å². The van der Waals surface area contributed by atoms with Crippen molar-refractivity contribution in [2.45, 2.75) is 51.1 Å². The van der Waals surface area contributed by atoms with Crippen LogP contribution in [-0.2, 0) is 4.79 Å². The molecule has 2 rings (SSSR count). The third-order valence-electron chi connectivity index (χ3n) is 3.40. The van der Waals surface area contributed by atoms with Crippen LogP contribution in [0.2, 0.25) is 0 Å². The van der Waals surface area contributed by atoms with E-state index in [1.54, 1.807) is 11.5 Å². The number of hydrogen-bond donors (Lipinski definition) is 1. The van der Waals surface area contributed by atoms with Crippen LogP contribution >= 0.6 is 23.1 Å². The Morgan fingerprint density at radius 3 is 2.48 bits per heavy atom. The molecule has 0 fully saturated rings. The zero-order valence-corrected chi connectivity index (χ0v) is 14.4. The molecule has 2 heterocycles. The van der Waals surface area contributed by atoms with Gasteiger partial charge in [0.05, 0.1) is 10.6 Å². The molecule has 0 aliphatic carbocycles. The lowest BCUT2D eigenvalue weighted by molar-refractivity contribution is -0.117. The molecule has 0 bridgehead atoms. The molecule has 1 amide bonds. The molecule has 0 radical (unpaired) electrons. The zero-order valence-electron chi connectivity index (χ0n) is 12.8. The third-order valence-corrected chi connectivity index (χ3v) is 5.59. The highest BCUT2D eigenvalue weighted by atomic mass is 32.2. The second-order valence-electron chi connectivity index (χ2n) is 5.29. The molecule has 2 aromatic rings. The summed E-state index contributed by atoms with van der Waals surface area (Å²) in [5, 5.41) is 0.804. The molecule has 0 aromatic carbocycles. The fourth-order valence-electron chi connectivity index (χ4n) is 2.04. The first-order valence-electron chi connectivity index (χ1n) is 6.72. The number of carbonyl (C=O) groups excluding carboxylic acids is 1. The second-order valence-corrected chi connectivity index (χ2v) is 7.80. The van der Waals surface area contributed by atoms with E-state index >= 15 is 0 Å². The standard InChI is InChI=1S/C14H19N3O2S2/c1-6(2)17-13(19)10-7(3)8(4)20-12(10)16-14(17)21-9(5)11(15)18/h6,9H,1-5H3,(H2,15,18)/t9-/m1/s1. The lowest BCUT2D eigenvalue weighted by Crippen LogP contribution is -2.28. The summed E-state index contributed by atoms with van der Waals surface area (Å²) >= 11 is 2.74. The first-order chi connectivity index (χ1) is 9.73. The molecule has 2 N–H and O–H groups in total. The van der Waals surface area contributed by atoms with Crippen molar-refractivity contribution in [3.05, 3.63) is 20.8 Å². The maximum atomic E-state index is 12.8. The predicted molar refractivity (Wildman–Crippen MR) is 88.3 cm³/mol. The van der Waals surface area contributed by atoms with Crippen molar-refractivity contribution < 1.29 is 4.79 Å². The van der Waals surface area contributed by atoms with E-state index in [9.17, 15) is 9.59 Å². The minimum absolute atomic E-state index is 0.0309. The van der Waals surface area contributed by atoms with Gasteiger partial charge in [-0.15, -0.1) is 11.3 Å². The van der Waals surface area contributed by atoms with E-state index in [0.29, 0.717) is 10.5 Å². The van der Waals surface area contributed by atoms with Crippen LogP contribution < -0.4 is 11.3 Å². The van der Waals surface area contributed by atoms with Gasteiger partial charge in [0.1, 0.15) is 4.83 Å². The molecule has 114 valence electrons.